The van der Waals surface area contributed by atoms with Crippen molar-refractivity contribution in [2.45, 2.75) is 13.5 Å². The van der Waals surface area contributed by atoms with E-state index in [1.165, 1.54) is 11.3 Å². The van der Waals surface area contributed by atoms with Crippen LogP contribution in [0.15, 0.2) is 11.7 Å². The molecule has 0 radical (unpaired) electrons. The number of thiazole rings is 1. The fourth-order valence-electron chi connectivity index (χ4n) is 1.20. The van der Waals surface area contributed by atoms with Crippen LogP contribution in [-0.4, -0.2) is 33.2 Å². The molecule has 6 nitrogen and oxygen atoms in total. The van der Waals surface area contributed by atoms with Gasteiger partial charge >= 0.3 is 6.03 Å². The number of carbonyl (C=O) groups excluding carboxylic acids is 1. The van der Waals surface area contributed by atoms with Gasteiger partial charge in [-0.3, -0.25) is 5.32 Å². The Kier molecular flexibility index (Phi) is 3.64. The second kappa shape index (κ2) is 5.19. The van der Waals surface area contributed by atoms with Crippen molar-refractivity contribution in [1.29, 1.82) is 0 Å². The van der Waals surface area contributed by atoms with Crippen LogP contribution in [0.1, 0.15) is 9.88 Å². The van der Waals surface area contributed by atoms with Gasteiger partial charge < -0.3 is 4.90 Å². The van der Waals surface area contributed by atoms with E-state index in [1.54, 1.807) is 35.0 Å². The molecule has 2 aromatic heterocycles. The number of carbonyl (C=O) groups is 1. The van der Waals surface area contributed by atoms with Crippen LogP contribution in [0.4, 0.5) is 9.93 Å². The Balaban J connectivity index is 1.91. The molecule has 2 aromatic rings. The van der Waals surface area contributed by atoms with Gasteiger partial charge in [0.2, 0.25) is 5.13 Å². The van der Waals surface area contributed by atoms with Crippen LogP contribution in [0.5, 0.6) is 0 Å². The lowest BCUT2D eigenvalue weighted by atomic mass is 10.5. The molecule has 0 aliphatic rings. The van der Waals surface area contributed by atoms with Crippen molar-refractivity contribution in [3.8, 4) is 0 Å². The number of nitrogens with zero attached hydrogens (tertiary/aromatic N) is 4. The monoisotopic (exact) mass is 269 g/mol. The number of nitrogens with one attached hydrogen (secondary N) is 1. The molecule has 17 heavy (non-hydrogen) atoms. The Morgan fingerprint density at radius 2 is 2.41 bits per heavy atom. The average Bonchev–Trinajstić information content (AvgIpc) is 2.90. The second-order valence-corrected chi connectivity index (χ2v) is 5.53. The molecule has 0 unspecified atom stereocenters. The minimum atomic E-state index is -0.201. The highest BCUT2D eigenvalue weighted by molar-refractivity contribution is 7.13. The van der Waals surface area contributed by atoms with Crippen molar-refractivity contribution in [1.82, 2.24) is 20.1 Å². The highest BCUT2D eigenvalue weighted by Crippen LogP contribution is 2.14. The summed E-state index contributed by atoms with van der Waals surface area (Å²) in [6.45, 7) is 2.48. The molecular weight excluding hydrogens is 258 g/mol. The second-order valence-electron chi connectivity index (χ2n) is 3.38. The highest BCUT2D eigenvalue weighted by Gasteiger charge is 2.11. The van der Waals surface area contributed by atoms with Gasteiger partial charge in [0.25, 0.3) is 0 Å². The van der Waals surface area contributed by atoms with Crippen LogP contribution < -0.4 is 5.32 Å². The van der Waals surface area contributed by atoms with Crippen molar-refractivity contribution < 1.29 is 4.79 Å². The van der Waals surface area contributed by atoms with E-state index < -0.39 is 0 Å². The van der Waals surface area contributed by atoms with E-state index in [2.05, 4.69) is 20.5 Å². The Morgan fingerprint density at radius 1 is 1.59 bits per heavy atom. The zero-order chi connectivity index (χ0) is 12.3. The van der Waals surface area contributed by atoms with E-state index in [9.17, 15) is 4.79 Å². The van der Waals surface area contributed by atoms with Crippen LogP contribution in [-0.2, 0) is 6.54 Å². The first-order chi connectivity index (χ1) is 8.15. The van der Waals surface area contributed by atoms with E-state index in [-0.39, 0.29) is 6.03 Å². The minimum Gasteiger partial charge on any atom is -0.322 e. The van der Waals surface area contributed by atoms with Crippen molar-refractivity contribution in [2.75, 3.05) is 12.4 Å². The van der Waals surface area contributed by atoms with Gasteiger partial charge in [-0.2, -0.15) is 0 Å². The van der Waals surface area contributed by atoms with Gasteiger partial charge in [0.05, 0.1) is 11.6 Å². The molecular formula is C9H11N5OS2. The quantitative estimate of drug-likeness (QED) is 0.924. The molecule has 0 fully saturated rings. The third-order valence-corrected chi connectivity index (χ3v) is 3.49. The summed E-state index contributed by atoms with van der Waals surface area (Å²) in [6.07, 6.45) is 1.79. The van der Waals surface area contributed by atoms with Gasteiger partial charge in [-0.1, -0.05) is 11.3 Å². The Morgan fingerprint density at radius 3 is 3.00 bits per heavy atom. The number of rotatable bonds is 3. The predicted octanol–water partition coefficient (Wildman–Crippen LogP) is 1.97. The standard InChI is InChI=1S/C9H11N5OS2/c1-6-10-3-7(17-6)4-14(2)9(15)12-8-13-11-5-16-8/h3,5H,4H2,1-2H3,(H,12,13,15). The van der Waals surface area contributed by atoms with Crippen molar-refractivity contribution in [3.05, 3.63) is 21.6 Å². The zero-order valence-electron chi connectivity index (χ0n) is 9.38. The number of urea groups is 1. The molecule has 0 atom stereocenters. The molecule has 2 amide bonds. The maximum absolute atomic E-state index is 11.8. The molecule has 0 aliphatic heterocycles. The lowest BCUT2D eigenvalue weighted by molar-refractivity contribution is 0.221. The number of hydrogen-bond acceptors (Lipinski definition) is 6. The Bertz CT molecular complexity index is 495. The predicted molar refractivity (Wildman–Crippen MR) is 67.2 cm³/mol. The summed E-state index contributed by atoms with van der Waals surface area (Å²) in [4.78, 5) is 18.5. The Labute approximate surface area is 106 Å². The van der Waals surface area contributed by atoms with E-state index in [0.717, 1.165) is 9.88 Å². The molecule has 0 saturated heterocycles. The van der Waals surface area contributed by atoms with Crippen molar-refractivity contribution >= 4 is 33.8 Å². The highest BCUT2D eigenvalue weighted by atomic mass is 32.1. The molecule has 8 heteroatoms. The van der Waals surface area contributed by atoms with Crippen LogP contribution >= 0.6 is 22.7 Å². The summed E-state index contributed by atoms with van der Waals surface area (Å²) >= 11 is 2.87. The molecule has 2 heterocycles. The lowest BCUT2D eigenvalue weighted by Crippen LogP contribution is -2.30. The summed E-state index contributed by atoms with van der Waals surface area (Å²) in [6, 6.07) is -0.201. The molecule has 0 aliphatic carbocycles. The molecule has 90 valence electrons. The first kappa shape index (κ1) is 11.9. The van der Waals surface area contributed by atoms with Crippen LogP contribution in [0.25, 0.3) is 0 Å². The van der Waals surface area contributed by atoms with E-state index >= 15 is 0 Å². The van der Waals surface area contributed by atoms with E-state index in [1.807, 2.05) is 6.92 Å². The topological polar surface area (TPSA) is 71.0 Å². The number of aromatic nitrogens is 3. The maximum Gasteiger partial charge on any atom is 0.323 e. The molecule has 1 N–H and O–H groups in total. The van der Waals surface area contributed by atoms with E-state index in [0.29, 0.717) is 11.7 Å². The minimum absolute atomic E-state index is 0.201. The van der Waals surface area contributed by atoms with Crippen molar-refractivity contribution in [2.24, 2.45) is 0 Å². The number of anilines is 1. The van der Waals surface area contributed by atoms with Gasteiger partial charge in [0, 0.05) is 18.1 Å². The summed E-state index contributed by atoms with van der Waals surface area (Å²) in [5.74, 6) is 0. The van der Waals surface area contributed by atoms with E-state index in [4.69, 9.17) is 0 Å². The zero-order valence-corrected chi connectivity index (χ0v) is 11.0. The van der Waals surface area contributed by atoms with Crippen LogP contribution in [0.3, 0.4) is 0 Å². The van der Waals surface area contributed by atoms with Gasteiger partial charge in [-0.05, 0) is 6.92 Å². The first-order valence-corrected chi connectivity index (χ1v) is 6.54. The maximum atomic E-state index is 11.8. The number of hydrogen-bond donors (Lipinski definition) is 1. The van der Waals surface area contributed by atoms with Gasteiger partial charge in [0.15, 0.2) is 0 Å². The third kappa shape index (κ3) is 3.21. The number of aryl methyl sites for hydroxylation is 1. The first-order valence-electron chi connectivity index (χ1n) is 4.85. The fraction of sp³-hybridized carbons (Fsp3) is 0.333. The molecule has 0 aromatic carbocycles. The number of amides is 2. The van der Waals surface area contributed by atoms with Gasteiger partial charge in [-0.15, -0.1) is 21.5 Å². The summed E-state index contributed by atoms with van der Waals surface area (Å²) < 4.78 is 0. The third-order valence-electron chi connectivity index (χ3n) is 1.98. The smallest absolute Gasteiger partial charge is 0.322 e. The summed E-state index contributed by atoms with van der Waals surface area (Å²) in [7, 11) is 1.73. The summed E-state index contributed by atoms with van der Waals surface area (Å²) in [5, 5.41) is 11.6. The van der Waals surface area contributed by atoms with Crippen LogP contribution in [0.2, 0.25) is 0 Å². The largest absolute Gasteiger partial charge is 0.323 e. The molecule has 0 saturated carbocycles. The van der Waals surface area contributed by atoms with Crippen LogP contribution in [0, 0.1) is 6.92 Å². The van der Waals surface area contributed by atoms with Gasteiger partial charge in [0.1, 0.15) is 5.51 Å². The molecule has 0 spiro atoms. The molecule has 2 rings (SSSR count). The lowest BCUT2D eigenvalue weighted by Gasteiger charge is -2.15. The SMILES string of the molecule is Cc1ncc(CN(C)C(=O)Nc2nncs2)s1. The average molecular weight is 269 g/mol. The van der Waals surface area contributed by atoms with Gasteiger partial charge in [-0.25, -0.2) is 9.78 Å². The van der Waals surface area contributed by atoms with Crippen molar-refractivity contribution in [3.63, 3.8) is 0 Å². The molecule has 0 bridgehead atoms. The normalized spacial score (nSPS) is 10.2. The fourth-order valence-corrected chi connectivity index (χ4v) is 2.48. The Hall–Kier alpha value is -1.54. The summed E-state index contributed by atoms with van der Waals surface area (Å²) in [5.41, 5.74) is 1.57.